The van der Waals surface area contributed by atoms with Crippen LogP contribution in [-0.2, 0) is 0 Å². The zero-order valence-corrected chi connectivity index (χ0v) is 16.1. The molecule has 142 valence electrons. The van der Waals surface area contributed by atoms with Crippen molar-refractivity contribution in [3.63, 3.8) is 0 Å². The minimum Gasteiger partial charge on any atom is -0.451 e. The molecule has 7 nitrogen and oxygen atoms in total. The van der Waals surface area contributed by atoms with E-state index in [4.69, 9.17) is 28.2 Å². The Kier molecular flexibility index (Phi) is 5.72. The molecule has 0 radical (unpaired) electrons. The van der Waals surface area contributed by atoms with E-state index in [1.54, 1.807) is 36.4 Å². The number of anilines is 1. The van der Waals surface area contributed by atoms with E-state index in [0.717, 1.165) is 5.56 Å². The molecule has 1 aromatic heterocycles. The van der Waals surface area contributed by atoms with E-state index in [0.29, 0.717) is 22.0 Å². The molecule has 0 fully saturated rings. The predicted molar refractivity (Wildman–Crippen MR) is 111 cm³/mol. The second-order valence-electron chi connectivity index (χ2n) is 5.79. The zero-order valence-electron chi connectivity index (χ0n) is 14.6. The Morgan fingerprint density at radius 3 is 2.68 bits per heavy atom. The predicted octanol–water partition coefficient (Wildman–Crippen LogP) is 4.94. The van der Waals surface area contributed by atoms with Gasteiger partial charge in [0, 0.05) is 28.4 Å². The Morgan fingerprint density at radius 1 is 1.18 bits per heavy atom. The Labute approximate surface area is 170 Å². The van der Waals surface area contributed by atoms with Crippen LogP contribution in [0.25, 0.3) is 11.3 Å². The van der Waals surface area contributed by atoms with Crippen LogP contribution in [0.1, 0.15) is 16.1 Å². The first-order valence-corrected chi connectivity index (χ1v) is 8.86. The molecule has 0 atom stereocenters. The van der Waals surface area contributed by atoms with Crippen molar-refractivity contribution in [2.45, 2.75) is 6.92 Å². The summed E-state index contributed by atoms with van der Waals surface area (Å²) in [4.78, 5) is 22.7. The van der Waals surface area contributed by atoms with Crippen LogP contribution in [0, 0.1) is 17.0 Å². The Balaban J connectivity index is 1.70. The maximum absolute atomic E-state index is 12.4. The van der Waals surface area contributed by atoms with Gasteiger partial charge in [-0.05, 0) is 49.0 Å². The van der Waals surface area contributed by atoms with Gasteiger partial charge in [-0.1, -0.05) is 29.8 Å². The molecular weight excluding hydrogens is 402 g/mol. The molecule has 0 aliphatic heterocycles. The lowest BCUT2D eigenvalue weighted by atomic mass is 10.1. The van der Waals surface area contributed by atoms with E-state index >= 15 is 0 Å². The molecule has 2 N–H and O–H groups in total. The summed E-state index contributed by atoms with van der Waals surface area (Å²) in [6.07, 6.45) is 0. The Bertz CT molecular complexity index is 1080. The summed E-state index contributed by atoms with van der Waals surface area (Å²) in [5, 5.41) is 17.0. The quantitative estimate of drug-likeness (QED) is 0.355. The smallest absolute Gasteiger partial charge is 0.293 e. The average molecular weight is 416 g/mol. The lowest BCUT2D eigenvalue weighted by Crippen LogP contribution is -2.34. The fraction of sp³-hybridized carbons (Fsp3) is 0.0526. The summed E-state index contributed by atoms with van der Waals surface area (Å²) in [5.74, 6) is -0.194. The van der Waals surface area contributed by atoms with Crippen molar-refractivity contribution >= 4 is 46.2 Å². The molecule has 28 heavy (non-hydrogen) atoms. The van der Waals surface area contributed by atoms with Gasteiger partial charge in [0.1, 0.15) is 5.76 Å². The second-order valence-corrected chi connectivity index (χ2v) is 6.61. The highest BCUT2D eigenvalue weighted by molar-refractivity contribution is 7.80. The first kappa shape index (κ1) is 19.5. The number of benzene rings is 2. The number of hydrogen-bond donors (Lipinski definition) is 2. The minimum absolute atomic E-state index is 0.0217. The topological polar surface area (TPSA) is 97.4 Å². The van der Waals surface area contributed by atoms with Gasteiger partial charge in [0.05, 0.1) is 4.92 Å². The van der Waals surface area contributed by atoms with Gasteiger partial charge in [-0.15, -0.1) is 0 Å². The number of rotatable bonds is 4. The number of carbonyl (C=O) groups is 1. The molecule has 0 bridgehead atoms. The van der Waals surface area contributed by atoms with Crippen LogP contribution in [0.5, 0.6) is 0 Å². The SMILES string of the molecule is Cc1c(Cl)cccc1NC(=S)NC(=O)c1ccc(-c2cccc([N+](=O)[O-])c2)o1. The molecule has 0 aliphatic carbocycles. The van der Waals surface area contributed by atoms with E-state index in [1.807, 2.05) is 6.92 Å². The molecule has 0 unspecified atom stereocenters. The number of non-ortho nitro benzene ring substituents is 1. The van der Waals surface area contributed by atoms with Crippen LogP contribution >= 0.6 is 23.8 Å². The molecule has 0 saturated heterocycles. The van der Waals surface area contributed by atoms with Crippen LogP contribution in [0.15, 0.2) is 59.0 Å². The molecular formula is C19H14ClN3O4S. The van der Waals surface area contributed by atoms with Crippen LogP contribution in [0.4, 0.5) is 11.4 Å². The van der Waals surface area contributed by atoms with Crippen molar-refractivity contribution in [1.82, 2.24) is 5.32 Å². The third kappa shape index (κ3) is 4.36. The maximum atomic E-state index is 12.4. The number of nitro groups is 1. The number of thiocarbonyl (C=S) groups is 1. The third-order valence-corrected chi connectivity index (χ3v) is 4.53. The molecule has 0 saturated carbocycles. The molecule has 2 aromatic carbocycles. The monoisotopic (exact) mass is 415 g/mol. The van der Waals surface area contributed by atoms with Gasteiger partial charge in [-0.2, -0.15) is 0 Å². The fourth-order valence-corrected chi connectivity index (χ4v) is 2.83. The normalized spacial score (nSPS) is 10.4. The molecule has 1 heterocycles. The van der Waals surface area contributed by atoms with Crippen LogP contribution < -0.4 is 10.6 Å². The summed E-state index contributed by atoms with van der Waals surface area (Å²) in [6.45, 7) is 1.83. The molecule has 0 spiro atoms. The molecule has 3 aromatic rings. The number of hydrogen-bond acceptors (Lipinski definition) is 5. The number of furan rings is 1. The van der Waals surface area contributed by atoms with Gasteiger partial charge in [-0.25, -0.2) is 0 Å². The Morgan fingerprint density at radius 2 is 1.93 bits per heavy atom. The van der Waals surface area contributed by atoms with Gasteiger partial charge in [0.25, 0.3) is 11.6 Å². The largest absolute Gasteiger partial charge is 0.451 e. The van der Waals surface area contributed by atoms with Gasteiger partial charge < -0.3 is 9.73 Å². The summed E-state index contributed by atoms with van der Waals surface area (Å²) >= 11 is 11.2. The average Bonchev–Trinajstić information content (AvgIpc) is 3.16. The summed E-state index contributed by atoms with van der Waals surface area (Å²) in [7, 11) is 0. The van der Waals surface area contributed by atoms with E-state index in [1.165, 1.54) is 18.2 Å². The lowest BCUT2D eigenvalue weighted by molar-refractivity contribution is -0.384. The molecule has 0 aliphatic rings. The number of halogens is 1. The number of nitrogens with one attached hydrogen (secondary N) is 2. The van der Waals surface area contributed by atoms with Crippen molar-refractivity contribution in [3.05, 3.63) is 81.1 Å². The number of nitro benzene ring substituents is 1. The zero-order chi connectivity index (χ0) is 20.3. The van der Waals surface area contributed by atoms with Crippen molar-refractivity contribution < 1.29 is 14.1 Å². The van der Waals surface area contributed by atoms with Crippen molar-refractivity contribution in [2.24, 2.45) is 0 Å². The number of carbonyl (C=O) groups excluding carboxylic acids is 1. The van der Waals surface area contributed by atoms with E-state index in [9.17, 15) is 14.9 Å². The van der Waals surface area contributed by atoms with Crippen molar-refractivity contribution in [3.8, 4) is 11.3 Å². The van der Waals surface area contributed by atoms with Crippen LogP contribution in [0.3, 0.4) is 0 Å². The van der Waals surface area contributed by atoms with Gasteiger partial charge >= 0.3 is 0 Å². The number of amides is 1. The first-order valence-electron chi connectivity index (χ1n) is 8.07. The first-order chi connectivity index (χ1) is 13.3. The van der Waals surface area contributed by atoms with Gasteiger partial charge in [0.2, 0.25) is 0 Å². The summed E-state index contributed by atoms with van der Waals surface area (Å²) in [5.41, 5.74) is 1.90. The van der Waals surface area contributed by atoms with E-state index in [2.05, 4.69) is 10.6 Å². The highest BCUT2D eigenvalue weighted by Crippen LogP contribution is 2.26. The van der Waals surface area contributed by atoms with E-state index in [-0.39, 0.29) is 16.6 Å². The van der Waals surface area contributed by atoms with Crippen molar-refractivity contribution in [1.29, 1.82) is 0 Å². The van der Waals surface area contributed by atoms with Crippen LogP contribution in [-0.4, -0.2) is 15.9 Å². The molecule has 1 amide bonds. The van der Waals surface area contributed by atoms with Gasteiger partial charge in [0.15, 0.2) is 10.9 Å². The second kappa shape index (κ2) is 8.20. The molecule has 9 heteroatoms. The lowest BCUT2D eigenvalue weighted by Gasteiger charge is -2.11. The summed E-state index contributed by atoms with van der Waals surface area (Å²) in [6, 6.07) is 14.3. The van der Waals surface area contributed by atoms with Gasteiger partial charge in [-0.3, -0.25) is 20.2 Å². The fourth-order valence-electron chi connectivity index (χ4n) is 2.45. The Hall–Kier alpha value is -3.23. The maximum Gasteiger partial charge on any atom is 0.293 e. The number of nitrogens with zero attached hydrogens (tertiary/aromatic N) is 1. The summed E-state index contributed by atoms with van der Waals surface area (Å²) < 4.78 is 5.52. The molecule has 3 rings (SSSR count). The van der Waals surface area contributed by atoms with Crippen molar-refractivity contribution in [2.75, 3.05) is 5.32 Å². The van der Waals surface area contributed by atoms with Crippen LogP contribution in [0.2, 0.25) is 5.02 Å². The minimum atomic E-state index is -0.547. The highest BCUT2D eigenvalue weighted by Gasteiger charge is 2.16. The standard InChI is InChI=1S/C19H14ClN3O4S/c1-11-14(20)6-3-7-15(11)21-19(28)22-18(24)17-9-8-16(27-17)12-4-2-5-13(10-12)23(25)26/h2-10H,1H3,(H2,21,22,24,28). The van der Waals surface area contributed by atoms with E-state index < -0.39 is 10.8 Å². The highest BCUT2D eigenvalue weighted by atomic mass is 35.5. The third-order valence-electron chi connectivity index (χ3n) is 3.91.